The lowest BCUT2D eigenvalue weighted by Gasteiger charge is -2.07. The quantitative estimate of drug-likeness (QED) is 0.653. The molecule has 3 rings (SSSR count). The molecule has 0 atom stereocenters. The summed E-state index contributed by atoms with van der Waals surface area (Å²) >= 11 is 0. The number of furan rings is 1. The van der Waals surface area contributed by atoms with Crippen LogP contribution >= 0.6 is 0 Å². The number of nitriles is 1. The van der Waals surface area contributed by atoms with Crippen molar-refractivity contribution in [3.63, 3.8) is 0 Å². The minimum absolute atomic E-state index is 0.263. The van der Waals surface area contributed by atoms with E-state index < -0.39 is 0 Å². The van der Waals surface area contributed by atoms with Gasteiger partial charge in [-0.2, -0.15) is 5.26 Å². The Balaban J connectivity index is 1.64. The number of benzene rings is 1. The second kappa shape index (κ2) is 6.59. The molecule has 0 amide bonds. The third-order valence-electron chi connectivity index (χ3n) is 3.12. The van der Waals surface area contributed by atoms with Crippen LogP contribution in [0.4, 0.5) is 0 Å². The van der Waals surface area contributed by atoms with E-state index in [9.17, 15) is 0 Å². The largest absolute Gasteiger partial charge is 0.494 e. The standard InChI is InChI=1S/C16H14N4O2/c17-12-14-16(15-8-4-10-22-15)20(19-18-14)9-5-11-21-13-6-2-1-3-7-13/h1-4,6-8,10H,5,9,11H2. The number of hydrogen-bond donors (Lipinski definition) is 0. The first-order chi connectivity index (χ1) is 10.9. The molecule has 0 N–H and O–H groups in total. The van der Waals surface area contributed by atoms with Crippen LogP contribution in [-0.4, -0.2) is 21.6 Å². The number of para-hydroxylation sites is 1. The normalized spacial score (nSPS) is 10.3. The predicted octanol–water partition coefficient (Wildman–Crippen LogP) is 2.88. The van der Waals surface area contributed by atoms with Crippen LogP contribution < -0.4 is 4.74 Å². The van der Waals surface area contributed by atoms with E-state index in [-0.39, 0.29) is 5.69 Å². The Bertz CT molecular complexity index is 757. The topological polar surface area (TPSA) is 76.9 Å². The van der Waals surface area contributed by atoms with Gasteiger partial charge in [-0.15, -0.1) is 5.10 Å². The Labute approximate surface area is 127 Å². The van der Waals surface area contributed by atoms with Crippen LogP contribution in [0.5, 0.6) is 5.75 Å². The monoisotopic (exact) mass is 294 g/mol. The molecule has 3 aromatic rings. The second-order valence-corrected chi connectivity index (χ2v) is 4.61. The van der Waals surface area contributed by atoms with Crippen LogP contribution in [0.25, 0.3) is 11.5 Å². The first-order valence-corrected chi connectivity index (χ1v) is 6.94. The highest BCUT2D eigenvalue weighted by molar-refractivity contribution is 5.58. The van der Waals surface area contributed by atoms with Crippen LogP contribution in [0.1, 0.15) is 12.1 Å². The highest BCUT2D eigenvalue weighted by atomic mass is 16.5. The Morgan fingerprint density at radius 1 is 1.18 bits per heavy atom. The average molecular weight is 294 g/mol. The van der Waals surface area contributed by atoms with Crippen molar-refractivity contribution in [2.24, 2.45) is 0 Å². The summed E-state index contributed by atoms with van der Waals surface area (Å²) in [5.74, 6) is 1.43. The Kier molecular flexibility index (Phi) is 4.16. The van der Waals surface area contributed by atoms with Crippen molar-refractivity contribution in [1.82, 2.24) is 15.0 Å². The third kappa shape index (κ3) is 2.99. The van der Waals surface area contributed by atoms with Crippen molar-refractivity contribution in [3.8, 4) is 23.3 Å². The molecule has 0 saturated carbocycles. The van der Waals surface area contributed by atoms with Gasteiger partial charge in [-0.25, -0.2) is 4.68 Å². The summed E-state index contributed by atoms with van der Waals surface area (Å²) < 4.78 is 12.7. The highest BCUT2D eigenvalue weighted by Crippen LogP contribution is 2.22. The summed E-state index contributed by atoms with van der Waals surface area (Å²) in [7, 11) is 0. The molecule has 0 aliphatic heterocycles. The van der Waals surface area contributed by atoms with Crippen LogP contribution in [0.2, 0.25) is 0 Å². The predicted molar refractivity (Wildman–Crippen MR) is 79.0 cm³/mol. The Hall–Kier alpha value is -3.07. The van der Waals surface area contributed by atoms with Gasteiger partial charge in [0.15, 0.2) is 11.5 Å². The lowest BCUT2D eigenvalue weighted by Crippen LogP contribution is -2.07. The zero-order valence-corrected chi connectivity index (χ0v) is 11.8. The maximum absolute atomic E-state index is 9.12. The molecule has 2 aromatic heterocycles. The van der Waals surface area contributed by atoms with Gasteiger partial charge in [-0.05, 0) is 24.3 Å². The summed E-state index contributed by atoms with van der Waals surface area (Å²) in [6.45, 7) is 1.15. The van der Waals surface area contributed by atoms with Crippen LogP contribution in [-0.2, 0) is 6.54 Å². The van der Waals surface area contributed by atoms with Crippen molar-refractivity contribution in [2.75, 3.05) is 6.61 Å². The van der Waals surface area contributed by atoms with Crippen LogP contribution in [0.3, 0.4) is 0 Å². The van der Waals surface area contributed by atoms with E-state index in [4.69, 9.17) is 14.4 Å². The zero-order valence-electron chi connectivity index (χ0n) is 11.8. The first kappa shape index (κ1) is 13.9. The van der Waals surface area contributed by atoms with Crippen molar-refractivity contribution in [2.45, 2.75) is 13.0 Å². The lowest BCUT2D eigenvalue weighted by atomic mass is 10.2. The first-order valence-electron chi connectivity index (χ1n) is 6.94. The fraction of sp³-hybridized carbons (Fsp3) is 0.188. The van der Waals surface area contributed by atoms with E-state index in [2.05, 4.69) is 10.3 Å². The fourth-order valence-corrected chi connectivity index (χ4v) is 2.12. The van der Waals surface area contributed by atoms with Gasteiger partial charge in [0.25, 0.3) is 0 Å². The average Bonchev–Trinajstić information content (AvgIpc) is 3.21. The lowest BCUT2D eigenvalue weighted by molar-refractivity contribution is 0.298. The van der Waals surface area contributed by atoms with Crippen molar-refractivity contribution >= 4 is 0 Å². The second-order valence-electron chi connectivity index (χ2n) is 4.61. The Morgan fingerprint density at radius 2 is 2.05 bits per heavy atom. The molecule has 0 radical (unpaired) electrons. The summed E-state index contributed by atoms with van der Waals surface area (Å²) in [4.78, 5) is 0. The van der Waals surface area contributed by atoms with Crippen LogP contribution in [0, 0.1) is 11.3 Å². The van der Waals surface area contributed by atoms with E-state index >= 15 is 0 Å². The number of hydrogen-bond acceptors (Lipinski definition) is 5. The van der Waals surface area contributed by atoms with Crippen molar-refractivity contribution < 1.29 is 9.15 Å². The van der Waals surface area contributed by atoms with Crippen molar-refractivity contribution in [1.29, 1.82) is 5.26 Å². The molecule has 0 aliphatic carbocycles. The molecule has 0 bridgehead atoms. The molecule has 22 heavy (non-hydrogen) atoms. The third-order valence-corrected chi connectivity index (χ3v) is 3.12. The fourth-order valence-electron chi connectivity index (χ4n) is 2.12. The number of rotatable bonds is 6. The van der Waals surface area contributed by atoms with E-state index in [0.29, 0.717) is 24.6 Å². The van der Waals surface area contributed by atoms with Gasteiger partial charge in [0, 0.05) is 13.0 Å². The van der Waals surface area contributed by atoms with E-state index in [1.165, 1.54) is 0 Å². The zero-order chi connectivity index (χ0) is 15.2. The number of aromatic nitrogens is 3. The molecule has 0 aliphatic rings. The number of aryl methyl sites for hydroxylation is 1. The van der Waals surface area contributed by atoms with Gasteiger partial charge in [0.1, 0.15) is 17.5 Å². The molecule has 2 heterocycles. The Morgan fingerprint density at radius 3 is 2.77 bits per heavy atom. The van der Waals surface area contributed by atoms with Gasteiger partial charge in [-0.1, -0.05) is 23.4 Å². The molecule has 0 fully saturated rings. The van der Waals surface area contributed by atoms with Gasteiger partial charge >= 0.3 is 0 Å². The SMILES string of the molecule is N#Cc1nnn(CCCOc2ccccc2)c1-c1ccco1. The van der Waals surface area contributed by atoms with Gasteiger partial charge in [0.2, 0.25) is 0 Å². The maximum atomic E-state index is 9.12. The smallest absolute Gasteiger partial charge is 0.193 e. The summed E-state index contributed by atoms with van der Waals surface area (Å²) in [5, 5.41) is 17.0. The van der Waals surface area contributed by atoms with Gasteiger partial charge in [-0.3, -0.25) is 0 Å². The number of ether oxygens (including phenoxy) is 1. The summed E-state index contributed by atoms with van der Waals surface area (Å²) in [5.41, 5.74) is 0.867. The highest BCUT2D eigenvalue weighted by Gasteiger charge is 2.16. The molecular weight excluding hydrogens is 280 g/mol. The van der Waals surface area contributed by atoms with E-state index in [0.717, 1.165) is 12.2 Å². The summed E-state index contributed by atoms with van der Waals surface area (Å²) in [6.07, 6.45) is 2.31. The molecular formula is C16H14N4O2. The van der Waals surface area contributed by atoms with Crippen molar-refractivity contribution in [3.05, 3.63) is 54.4 Å². The minimum Gasteiger partial charge on any atom is -0.494 e. The minimum atomic E-state index is 0.263. The molecule has 6 heteroatoms. The molecule has 0 saturated heterocycles. The molecule has 1 aromatic carbocycles. The van der Waals surface area contributed by atoms with E-state index in [1.807, 2.05) is 36.4 Å². The van der Waals surface area contributed by atoms with Gasteiger partial charge < -0.3 is 9.15 Å². The molecule has 110 valence electrons. The molecule has 0 spiro atoms. The maximum Gasteiger partial charge on any atom is 0.193 e. The summed E-state index contributed by atoms with van der Waals surface area (Å²) in [6, 6.07) is 15.2. The molecule has 6 nitrogen and oxygen atoms in total. The molecule has 0 unspecified atom stereocenters. The number of nitrogens with zero attached hydrogens (tertiary/aromatic N) is 4. The van der Waals surface area contributed by atoms with Gasteiger partial charge in [0.05, 0.1) is 12.9 Å². The van der Waals surface area contributed by atoms with Crippen LogP contribution in [0.15, 0.2) is 53.1 Å². The van der Waals surface area contributed by atoms with E-state index in [1.54, 1.807) is 23.1 Å².